The van der Waals surface area contributed by atoms with E-state index in [1.807, 2.05) is 31.2 Å². The predicted octanol–water partition coefficient (Wildman–Crippen LogP) is 6.42. The van der Waals surface area contributed by atoms with Crippen LogP contribution < -0.4 is 0 Å². The summed E-state index contributed by atoms with van der Waals surface area (Å²) in [7, 11) is 0. The molecule has 3 rings (SSSR count). The maximum Gasteiger partial charge on any atom is 0.433 e. The molecule has 0 radical (unpaired) electrons. The predicted molar refractivity (Wildman–Crippen MR) is 98.2 cm³/mol. The number of hydrogen-bond acceptors (Lipinski definition) is 3. The molecule has 0 spiro atoms. The van der Waals surface area contributed by atoms with Crippen molar-refractivity contribution in [2.45, 2.75) is 24.0 Å². The Labute approximate surface area is 158 Å². The van der Waals surface area contributed by atoms with Gasteiger partial charge in [0.15, 0.2) is 5.16 Å². The molecule has 0 aliphatic carbocycles. The fraction of sp³-hybridized carbons (Fsp3) is 0.158. The van der Waals surface area contributed by atoms with Crippen molar-refractivity contribution in [3.63, 3.8) is 0 Å². The highest BCUT2D eigenvalue weighted by atomic mass is 35.5. The van der Waals surface area contributed by atoms with Gasteiger partial charge in [-0.1, -0.05) is 65.3 Å². The van der Waals surface area contributed by atoms with Gasteiger partial charge in [-0.15, -0.1) is 0 Å². The highest BCUT2D eigenvalue weighted by molar-refractivity contribution is 7.98. The zero-order chi connectivity index (χ0) is 18.7. The molecule has 26 heavy (non-hydrogen) atoms. The lowest BCUT2D eigenvalue weighted by atomic mass is 10.1. The van der Waals surface area contributed by atoms with E-state index in [1.165, 1.54) is 0 Å². The Hall–Kier alpha value is -2.05. The van der Waals surface area contributed by atoms with E-state index in [-0.39, 0.29) is 10.9 Å². The van der Waals surface area contributed by atoms with Gasteiger partial charge in [0.25, 0.3) is 0 Å². The Morgan fingerprint density at radius 1 is 0.962 bits per heavy atom. The zero-order valence-corrected chi connectivity index (χ0v) is 15.3. The molecule has 3 aromatic rings. The number of thioether (sulfide) groups is 1. The van der Waals surface area contributed by atoms with Crippen LogP contribution in [-0.4, -0.2) is 9.97 Å². The number of aromatic nitrogens is 2. The van der Waals surface area contributed by atoms with Crippen molar-refractivity contribution in [1.29, 1.82) is 0 Å². The van der Waals surface area contributed by atoms with E-state index in [2.05, 4.69) is 9.97 Å². The van der Waals surface area contributed by atoms with Crippen LogP contribution in [-0.2, 0) is 11.9 Å². The van der Waals surface area contributed by atoms with E-state index in [0.717, 1.165) is 29.0 Å². The minimum Gasteiger partial charge on any atom is -0.222 e. The van der Waals surface area contributed by atoms with E-state index in [4.69, 9.17) is 11.6 Å². The minimum atomic E-state index is -4.53. The van der Waals surface area contributed by atoms with Crippen molar-refractivity contribution >= 4 is 23.4 Å². The number of alkyl halides is 3. The highest BCUT2D eigenvalue weighted by Crippen LogP contribution is 2.32. The number of rotatable bonds is 4. The summed E-state index contributed by atoms with van der Waals surface area (Å²) in [6, 6.07) is 15.3. The number of halogens is 4. The van der Waals surface area contributed by atoms with Gasteiger partial charge >= 0.3 is 6.18 Å². The summed E-state index contributed by atoms with van der Waals surface area (Å²) < 4.78 is 39.7. The Morgan fingerprint density at radius 3 is 2.23 bits per heavy atom. The molecule has 2 aromatic carbocycles. The number of hydrogen-bond donors (Lipinski definition) is 0. The second kappa shape index (κ2) is 7.68. The van der Waals surface area contributed by atoms with Crippen LogP contribution in [0.4, 0.5) is 13.2 Å². The van der Waals surface area contributed by atoms with Gasteiger partial charge in [0.05, 0.1) is 5.69 Å². The summed E-state index contributed by atoms with van der Waals surface area (Å²) in [5, 5.41) is 0.695. The Kier molecular flexibility index (Phi) is 5.53. The molecule has 2 nitrogen and oxygen atoms in total. The second-order valence-electron chi connectivity index (χ2n) is 5.70. The molecule has 0 fully saturated rings. The minimum absolute atomic E-state index is 0.0883. The van der Waals surface area contributed by atoms with Crippen molar-refractivity contribution in [1.82, 2.24) is 9.97 Å². The molecule has 7 heteroatoms. The normalized spacial score (nSPS) is 11.6. The largest absolute Gasteiger partial charge is 0.433 e. The molecule has 1 heterocycles. The van der Waals surface area contributed by atoms with Gasteiger partial charge in [0.2, 0.25) is 0 Å². The van der Waals surface area contributed by atoms with E-state index < -0.39 is 11.9 Å². The summed E-state index contributed by atoms with van der Waals surface area (Å²) in [5.41, 5.74) is 1.89. The molecule has 0 N–H and O–H groups in total. The molecule has 0 amide bonds. The third-order valence-corrected chi connectivity index (χ3v) is 4.80. The quantitative estimate of drug-likeness (QED) is 0.377. The Bertz CT molecular complexity index is 894. The van der Waals surface area contributed by atoms with Crippen LogP contribution in [0.15, 0.2) is 59.8 Å². The summed E-state index contributed by atoms with van der Waals surface area (Å²) in [6.07, 6.45) is -4.53. The van der Waals surface area contributed by atoms with Crippen LogP contribution in [0.5, 0.6) is 0 Å². The molecular weight excluding hydrogens is 381 g/mol. The van der Waals surface area contributed by atoms with Crippen LogP contribution >= 0.6 is 23.4 Å². The molecule has 0 bridgehead atoms. The SMILES string of the molecule is Cc1ccc(-c2cc(C(F)(F)F)nc(SCc3ccc(Cl)cc3)n2)cc1. The van der Waals surface area contributed by atoms with Crippen molar-refractivity contribution in [2.75, 3.05) is 0 Å². The molecule has 0 aliphatic rings. The summed E-state index contributed by atoms with van der Waals surface area (Å²) >= 11 is 7.00. The van der Waals surface area contributed by atoms with Crippen molar-refractivity contribution in [3.05, 3.63) is 76.4 Å². The standard InChI is InChI=1S/C19H14ClF3N2S/c1-12-2-6-14(7-3-12)16-10-17(19(21,22)23)25-18(24-16)26-11-13-4-8-15(20)9-5-13/h2-10H,11H2,1H3. The summed E-state index contributed by atoms with van der Waals surface area (Å²) in [6.45, 7) is 1.91. The van der Waals surface area contributed by atoms with Gasteiger partial charge in [0, 0.05) is 16.3 Å². The number of nitrogens with zero attached hydrogens (tertiary/aromatic N) is 2. The fourth-order valence-electron chi connectivity index (χ4n) is 2.24. The molecule has 0 saturated carbocycles. The van der Waals surface area contributed by atoms with E-state index >= 15 is 0 Å². The first-order valence-corrected chi connectivity index (χ1v) is 9.08. The van der Waals surface area contributed by atoms with E-state index in [1.54, 1.807) is 24.3 Å². The van der Waals surface area contributed by atoms with Crippen LogP contribution in [0.1, 0.15) is 16.8 Å². The average Bonchev–Trinajstić information content (AvgIpc) is 2.61. The van der Waals surface area contributed by atoms with Gasteiger partial charge in [-0.2, -0.15) is 13.2 Å². The van der Waals surface area contributed by atoms with Crippen LogP contribution in [0.3, 0.4) is 0 Å². The summed E-state index contributed by atoms with van der Waals surface area (Å²) in [5.74, 6) is 0.450. The fourth-order valence-corrected chi connectivity index (χ4v) is 3.18. The molecule has 134 valence electrons. The second-order valence-corrected chi connectivity index (χ2v) is 7.08. The number of aryl methyl sites for hydroxylation is 1. The van der Waals surface area contributed by atoms with E-state index in [9.17, 15) is 13.2 Å². The zero-order valence-electron chi connectivity index (χ0n) is 13.7. The molecule has 0 saturated heterocycles. The molecule has 0 unspecified atom stereocenters. The van der Waals surface area contributed by atoms with Crippen molar-refractivity contribution < 1.29 is 13.2 Å². The lowest BCUT2D eigenvalue weighted by Crippen LogP contribution is -2.10. The smallest absolute Gasteiger partial charge is 0.222 e. The maximum atomic E-state index is 13.2. The third-order valence-electron chi connectivity index (χ3n) is 3.62. The summed E-state index contributed by atoms with van der Waals surface area (Å²) in [4.78, 5) is 7.99. The third kappa shape index (κ3) is 4.77. The van der Waals surface area contributed by atoms with Crippen molar-refractivity contribution in [3.8, 4) is 11.3 Å². The molecule has 1 aromatic heterocycles. The Balaban J connectivity index is 1.92. The van der Waals surface area contributed by atoms with Crippen molar-refractivity contribution in [2.24, 2.45) is 0 Å². The average molecular weight is 395 g/mol. The molecule has 0 aliphatic heterocycles. The highest BCUT2D eigenvalue weighted by Gasteiger charge is 2.33. The van der Waals surface area contributed by atoms with Gasteiger partial charge in [-0.3, -0.25) is 0 Å². The van der Waals surface area contributed by atoms with Crippen LogP contribution in [0.2, 0.25) is 5.02 Å². The Morgan fingerprint density at radius 2 is 1.62 bits per heavy atom. The monoisotopic (exact) mass is 394 g/mol. The van der Waals surface area contributed by atoms with Gasteiger partial charge in [0.1, 0.15) is 5.69 Å². The maximum absolute atomic E-state index is 13.2. The molecule has 0 atom stereocenters. The van der Waals surface area contributed by atoms with E-state index in [0.29, 0.717) is 16.3 Å². The first-order valence-electron chi connectivity index (χ1n) is 7.72. The van der Waals surface area contributed by atoms with Gasteiger partial charge < -0.3 is 0 Å². The molecular formula is C19H14ClF3N2S. The van der Waals surface area contributed by atoms with Gasteiger partial charge in [-0.05, 0) is 30.7 Å². The van der Waals surface area contributed by atoms with Crippen LogP contribution in [0, 0.1) is 6.92 Å². The lowest BCUT2D eigenvalue weighted by Gasteiger charge is -2.11. The topological polar surface area (TPSA) is 25.8 Å². The lowest BCUT2D eigenvalue weighted by molar-refractivity contribution is -0.141. The van der Waals surface area contributed by atoms with Crippen LogP contribution in [0.25, 0.3) is 11.3 Å². The first-order chi connectivity index (χ1) is 12.3. The van der Waals surface area contributed by atoms with Gasteiger partial charge in [-0.25, -0.2) is 9.97 Å². The number of benzene rings is 2. The first kappa shape index (κ1) is 18.7.